The van der Waals surface area contributed by atoms with Crippen LogP contribution in [0.2, 0.25) is 0 Å². The first-order valence-corrected chi connectivity index (χ1v) is 11.2. The third kappa shape index (κ3) is 3.78. The zero-order valence-corrected chi connectivity index (χ0v) is 19.4. The van der Waals surface area contributed by atoms with Crippen molar-refractivity contribution >= 4 is 23.1 Å². The van der Waals surface area contributed by atoms with Crippen molar-refractivity contribution in [3.8, 4) is 22.3 Å². The molecule has 0 N–H and O–H groups in total. The molecule has 0 saturated carbocycles. The molecule has 4 rings (SSSR count). The Bertz CT molecular complexity index is 1140. The molecule has 0 amide bonds. The van der Waals surface area contributed by atoms with Gasteiger partial charge in [0.05, 0.1) is 10.8 Å². The van der Waals surface area contributed by atoms with E-state index in [0.29, 0.717) is 0 Å². The van der Waals surface area contributed by atoms with Crippen molar-refractivity contribution in [1.82, 2.24) is 0 Å². The van der Waals surface area contributed by atoms with Gasteiger partial charge in [0.2, 0.25) is 0 Å². The molecule has 1 aliphatic rings. The molecule has 0 fully saturated rings. The highest BCUT2D eigenvalue weighted by atomic mass is 32.1. The Labute approximate surface area is 185 Å². The van der Waals surface area contributed by atoms with Crippen LogP contribution < -0.4 is 0 Å². The molecule has 1 aliphatic carbocycles. The predicted molar refractivity (Wildman–Crippen MR) is 132 cm³/mol. The smallest absolute Gasteiger partial charge is 0.0798 e. The van der Waals surface area contributed by atoms with Crippen LogP contribution in [0.25, 0.3) is 22.3 Å². The molecule has 0 spiro atoms. The lowest BCUT2D eigenvalue weighted by Crippen LogP contribution is -2.13. The topological polar surface area (TPSA) is 12.4 Å². The molecule has 3 aromatic carbocycles. The first kappa shape index (κ1) is 20.7. The van der Waals surface area contributed by atoms with Crippen molar-refractivity contribution in [2.75, 3.05) is 0 Å². The van der Waals surface area contributed by atoms with Crippen molar-refractivity contribution in [3.05, 3.63) is 75.8 Å². The van der Waals surface area contributed by atoms with Gasteiger partial charge in [-0.3, -0.25) is 0 Å². The van der Waals surface area contributed by atoms with Gasteiger partial charge in [0.1, 0.15) is 0 Å². The second-order valence-electron chi connectivity index (χ2n) is 8.92. The maximum atomic E-state index is 4.79. The number of rotatable bonds is 3. The Balaban J connectivity index is 1.73. The van der Waals surface area contributed by atoms with Crippen molar-refractivity contribution in [1.29, 1.82) is 0 Å². The third-order valence-electron chi connectivity index (χ3n) is 6.61. The van der Waals surface area contributed by atoms with Crippen LogP contribution in [-0.2, 0) is 12.8 Å². The number of aryl methyl sites for hydroxylation is 3. The van der Waals surface area contributed by atoms with E-state index in [-0.39, 0.29) is 0 Å². The van der Waals surface area contributed by atoms with Crippen LogP contribution in [0.15, 0.2) is 47.5 Å². The molecule has 30 heavy (non-hydrogen) atoms. The van der Waals surface area contributed by atoms with Gasteiger partial charge in [0, 0.05) is 0 Å². The van der Waals surface area contributed by atoms with E-state index in [2.05, 4.69) is 87.2 Å². The zero-order chi connectivity index (χ0) is 21.4. The van der Waals surface area contributed by atoms with Gasteiger partial charge < -0.3 is 0 Å². The van der Waals surface area contributed by atoms with Gasteiger partial charge >= 0.3 is 0 Å². The van der Waals surface area contributed by atoms with E-state index in [4.69, 9.17) is 12.2 Å². The molecule has 1 unspecified atom stereocenters. The SMILES string of the molecule is Cc1cc(-c2ccc(-c3c(C)cc4c(c3C)CCC(C)C4)cc2)cc(C)c1N=C=S. The molecule has 0 bridgehead atoms. The second-order valence-corrected chi connectivity index (χ2v) is 9.10. The summed E-state index contributed by atoms with van der Waals surface area (Å²) in [7, 11) is 0. The Morgan fingerprint density at radius 1 is 0.867 bits per heavy atom. The molecule has 0 aliphatic heterocycles. The Morgan fingerprint density at radius 2 is 1.50 bits per heavy atom. The fourth-order valence-electron chi connectivity index (χ4n) is 5.12. The molecule has 152 valence electrons. The van der Waals surface area contributed by atoms with Gasteiger partial charge in [-0.1, -0.05) is 37.3 Å². The largest absolute Gasteiger partial charge is 0.194 e. The number of isothiocyanates is 1. The molecular formula is C28H29NS. The minimum Gasteiger partial charge on any atom is -0.194 e. The number of aliphatic imine (C=N–C) groups is 1. The third-order valence-corrected chi connectivity index (χ3v) is 6.70. The maximum absolute atomic E-state index is 4.79. The first-order chi connectivity index (χ1) is 14.4. The van der Waals surface area contributed by atoms with Gasteiger partial charge in [0.25, 0.3) is 0 Å². The van der Waals surface area contributed by atoms with Gasteiger partial charge in [-0.25, -0.2) is 0 Å². The molecule has 0 radical (unpaired) electrons. The van der Waals surface area contributed by atoms with E-state index in [0.717, 1.165) is 22.7 Å². The number of benzene rings is 3. The maximum Gasteiger partial charge on any atom is 0.0798 e. The molecule has 3 aromatic rings. The zero-order valence-electron chi connectivity index (χ0n) is 18.6. The standard InChI is InChI=1S/C28H29NS/c1-17-6-11-26-21(5)27(18(2)13-25(26)12-17)23-9-7-22(8-10-23)24-14-19(3)28(29-16-30)20(4)15-24/h7-10,13-15,17H,6,11-12H2,1-5H3. The van der Waals surface area contributed by atoms with E-state index < -0.39 is 0 Å². The summed E-state index contributed by atoms with van der Waals surface area (Å²) in [6, 6.07) is 15.8. The summed E-state index contributed by atoms with van der Waals surface area (Å²) in [5.41, 5.74) is 14.4. The molecule has 0 saturated heterocycles. The van der Waals surface area contributed by atoms with Crippen LogP contribution in [0.4, 0.5) is 5.69 Å². The van der Waals surface area contributed by atoms with E-state index >= 15 is 0 Å². The van der Waals surface area contributed by atoms with E-state index in [1.54, 1.807) is 11.1 Å². The quantitative estimate of drug-likeness (QED) is 0.313. The van der Waals surface area contributed by atoms with Crippen molar-refractivity contribution in [3.63, 3.8) is 0 Å². The van der Waals surface area contributed by atoms with Gasteiger partial charge in [-0.05, 0) is 133 Å². The molecule has 0 heterocycles. The first-order valence-electron chi connectivity index (χ1n) is 10.8. The normalized spacial score (nSPS) is 15.4. The van der Waals surface area contributed by atoms with Crippen LogP contribution in [0, 0.1) is 33.6 Å². The molecule has 1 nitrogen and oxygen atoms in total. The van der Waals surface area contributed by atoms with E-state index in [1.807, 2.05) is 0 Å². The Hall–Kier alpha value is -2.54. The van der Waals surface area contributed by atoms with E-state index in [9.17, 15) is 0 Å². The highest BCUT2D eigenvalue weighted by Crippen LogP contribution is 2.37. The number of thiocarbonyl (C=S) groups is 1. The summed E-state index contributed by atoms with van der Waals surface area (Å²) in [5, 5.41) is 2.49. The average Bonchev–Trinajstić information content (AvgIpc) is 2.71. The minimum absolute atomic E-state index is 0.800. The van der Waals surface area contributed by atoms with Crippen LogP contribution in [-0.4, -0.2) is 5.16 Å². The second kappa shape index (κ2) is 8.30. The summed E-state index contributed by atoms with van der Waals surface area (Å²) in [5.74, 6) is 0.800. The molecular weight excluding hydrogens is 382 g/mol. The summed E-state index contributed by atoms with van der Waals surface area (Å²) in [6.45, 7) is 11.1. The van der Waals surface area contributed by atoms with Crippen molar-refractivity contribution < 1.29 is 0 Å². The van der Waals surface area contributed by atoms with Crippen LogP contribution in [0.3, 0.4) is 0 Å². The fraction of sp³-hybridized carbons (Fsp3) is 0.321. The van der Waals surface area contributed by atoms with Gasteiger partial charge in [-0.2, -0.15) is 4.99 Å². The lowest BCUT2D eigenvalue weighted by Gasteiger charge is -2.26. The summed E-state index contributed by atoms with van der Waals surface area (Å²) in [4.78, 5) is 4.22. The monoisotopic (exact) mass is 411 g/mol. The summed E-state index contributed by atoms with van der Waals surface area (Å²) >= 11 is 4.79. The number of fused-ring (bicyclic) bond motifs is 1. The molecule has 1 atom stereocenters. The minimum atomic E-state index is 0.800. The van der Waals surface area contributed by atoms with E-state index in [1.165, 1.54) is 52.6 Å². The molecule has 2 heteroatoms. The highest BCUT2D eigenvalue weighted by Gasteiger charge is 2.20. The number of hydrogen-bond acceptors (Lipinski definition) is 2. The fourth-order valence-corrected chi connectivity index (χ4v) is 5.22. The number of hydrogen-bond donors (Lipinski definition) is 0. The van der Waals surface area contributed by atoms with Crippen molar-refractivity contribution in [2.24, 2.45) is 10.9 Å². The van der Waals surface area contributed by atoms with Crippen LogP contribution in [0.5, 0.6) is 0 Å². The highest BCUT2D eigenvalue weighted by molar-refractivity contribution is 7.78. The predicted octanol–water partition coefficient (Wildman–Crippen LogP) is 8.11. The lowest BCUT2D eigenvalue weighted by molar-refractivity contribution is 0.500. The van der Waals surface area contributed by atoms with Crippen LogP contribution >= 0.6 is 12.2 Å². The number of nitrogens with zero attached hydrogens (tertiary/aromatic N) is 1. The Kier molecular flexibility index (Phi) is 5.73. The lowest BCUT2D eigenvalue weighted by atomic mass is 9.79. The van der Waals surface area contributed by atoms with Gasteiger partial charge in [-0.15, -0.1) is 0 Å². The summed E-state index contributed by atoms with van der Waals surface area (Å²) < 4.78 is 0. The van der Waals surface area contributed by atoms with Gasteiger partial charge in [0.15, 0.2) is 0 Å². The average molecular weight is 412 g/mol. The summed E-state index contributed by atoms with van der Waals surface area (Å²) in [6.07, 6.45) is 3.73. The van der Waals surface area contributed by atoms with Crippen molar-refractivity contribution in [2.45, 2.75) is 53.9 Å². The molecule has 0 aromatic heterocycles. The Morgan fingerprint density at radius 3 is 2.13 bits per heavy atom. The van der Waals surface area contributed by atoms with Crippen LogP contribution in [0.1, 0.15) is 46.7 Å².